The van der Waals surface area contributed by atoms with E-state index in [2.05, 4.69) is 14.9 Å². The molecule has 0 bridgehead atoms. The van der Waals surface area contributed by atoms with Crippen molar-refractivity contribution in [2.24, 2.45) is 4.99 Å². The molecule has 2 aromatic heterocycles. The van der Waals surface area contributed by atoms with Crippen LogP contribution in [0.2, 0.25) is 0 Å². The largest absolute Gasteiger partial charge is 0.476 e. The van der Waals surface area contributed by atoms with Crippen LogP contribution in [-0.4, -0.2) is 45.1 Å². The second-order valence-corrected chi connectivity index (χ2v) is 7.53. The second kappa shape index (κ2) is 6.60. The fourth-order valence-corrected chi connectivity index (χ4v) is 4.55. The summed E-state index contributed by atoms with van der Waals surface area (Å²) in [5, 5.41) is 2.80. The molecule has 0 spiro atoms. The van der Waals surface area contributed by atoms with Crippen molar-refractivity contribution in [2.45, 2.75) is 26.2 Å². The lowest BCUT2D eigenvalue weighted by atomic mass is 10.1. The molecule has 4 heterocycles. The molecule has 126 valence electrons. The third-order valence-corrected chi connectivity index (χ3v) is 5.85. The molecule has 0 unspecified atom stereocenters. The van der Waals surface area contributed by atoms with Gasteiger partial charge < -0.3 is 9.64 Å². The number of thiazole rings is 1. The van der Waals surface area contributed by atoms with Crippen LogP contribution in [0.25, 0.3) is 11.0 Å². The molecule has 6 nitrogen and oxygen atoms in total. The van der Waals surface area contributed by atoms with Gasteiger partial charge in [0.25, 0.3) is 5.91 Å². The minimum atomic E-state index is -0.173. The highest BCUT2D eigenvalue weighted by Gasteiger charge is 2.28. The molecule has 0 atom stereocenters. The van der Waals surface area contributed by atoms with Gasteiger partial charge in [-0.1, -0.05) is 0 Å². The Labute approximate surface area is 148 Å². The lowest BCUT2D eigenvalue weighted by Crippen LogP contribution is -2.33. The third kappa shape index (κ3) is 2.84. The Morgan fingerprint density at radius 2 is 2.17 bits per heavy atom. The smallest absolute Gasteiger partial charge is 0.286 e. The number of carbonyl (C=O) groups is 1. The summed E-state index contributed by atoms with van der Waals surface area (Å²) in [6, 6.07) is 0. The number of imidazole rings is 1. The zero-order chi connectivity index (χ0) is 16.5. The van der Waals surface area contributed by atoms with E-state index in [9.17, 15) is 4.79 Å². The summed E-state index contributed by atoms with van der Waals surface area (Å²) in [6.45, 7) is 4.44. The van der Waals surface area contributed by atoms with E-state index >= 15 is 0 Å². The quantitative estimate of drug-likeness (QED) is 0.785. The maximum Gasteiger partial charge on any atom is 0.286 e. The number of hydrogen-bond acceptors (Lipinski definition) is 6. The van der Waals surface area contributed by atoms with Crippen molar-refractivity contribution in [3.8, 4) is 5.88 Å². The van der Waals surface area contributed by atoms with Crippen LogP contribution in [0.3, 0.4) is 0 Å². The highest BCUT2D eigenvalue weighted by Crippen LogP contribution is 2.34. The van der Waals surface area contributed by atoms with Crippen LogP contribution < -0.4 is 4.74 Å². The van der Waals surface area contributed by atoms with E-state index in [-0.39, 0.29) is 5.91 Å². The summed E-state index contributed by atoms with van der Waals surface area (Å²) in [7, 11) is 0. The zero-order valence-corrected chi connectivity index (χ0v) is 15.0. The Balaban J connectivity index is 1.63. The highest BCUT2D eigenvalue weighted by atomic mass is 32.2. The van der Waals surface area contributed by atoms with Crippen molar-refractivity contribution >= 4 is 45.2 Å². The molecule has 1 saturated heterocycles. The molecule has 0 N–H and O–H groups in total. The number of amides is 1. The molecule has 1 amide bonds. The van der Waals surface area contributed by atoms with Crippen LogP contribution in [0.4, 0.5) is 0 Å². The summed E-state index contributed by atoms with van der Waals surface area (Å²) in [6.07, 6.45) is 7.39. The summed E-state index contributed by atoms with van der Waals surface area (Å²) in [4.78, 5) is 24.8. The van der Waals surface area contributed by atoms with Crippen LogP contribution in [0, 0.1) is 0 Å². The van der Waals surface area contributed by atoms with Crippen molar-refractivity contribution < 1.29 is 9.53 Å². The number of amidine groups is 1. The first-order valence-corrected chi connectivity index (χ1v) is 9.81. The van der Waals surface area contributed by atoms with Gasteiger partial charge in [0.1, 0.15) is 5.69 Å². The van der Waals surface area contributed by atoms with Crippen LogP contribution in [0.15, 0.2) is 21.5 Å². The summed E-state index contributed by atoms with van der Waals surface area (Å²) in [5.74, 6) is 0.393. The molecule has 24 heavy (non-hydrogen) atoms. The number of rotatable bonds is 3. The number of thioether (sulfide) groups is 1. The van der Waals surface area contributed by atoms with Gasteiger partial charge in [-0.3, -0.25) is 9.20 Å². The average Bonchev–Trinajstić information content (AvgIpc) is 3.27. The lowest BCUT2D eigenvalue weighted by molar-refractivity contribution is -0.113. The fraction of sp³-hybridized carbons (Fsp3) is 0.438. The number of likely N-dealkylation sites (tertiary alicyclic amines) is 1. The van der Waals surface area contributed by atoms with Gasteiger partial charge >= 0.3 is 0 Å². The van der Waals surface area contributed by atoms with E-state index in [0.29, 0.717) is 17.4 Å². The summed E-state index contributed by atoms with van der Waals surface area (Å²) in [5.41, 5.74) is 0.805. The molecule has 0 aromatic carbocycles. The van der Waals surface area contributed by atoms with Gasteiger partial charge in [0.05, 0.1) is 11.5 Å². The Morgan fingerprint density at radius 3 is 2.96 bits per heavy atom. The SMILES string of the molecule is CCOc1nc2sccn2c1/C=C1\SC(N2CCCCC2)=NC1=O. The van der Waals surface area contributed by atoms with E-state index < -0.39 is 0 Å². The van der Waals surface area contributed by atoms with Crippen LogP contribution in [0.1, 0.15) is 31.9 Å². The summed E-state index contributed by atoms with van der Waals surface area (Å²) < 4.78 is 7.58. The lowest BCUT2D eigenvalue weighted by Gasteiger charge is -2.27. The minimum absolute atomic E-state index is 0.173. The van der Waals surface area contributed by atoms with Gasteiger partial charge in [-0.25, -0.2) is 0 Å². The predicted octanol–water partition coefficient (Wildman–Crippen LogP) is 3.25. The Morgan fingerprint density at radius 1 is 1.33 bits per heavy atom. The maximum absolute atomic E-state index is 12.3. The van der Waals surface area contributed by atoms with Crippen molar-refractivity contribution in [1.82, 2.24) is 14.3 Å². The zero-order valence-electron chi connectivity index (χ0n) is 13.4. The van der Waals surface area contributed by atoms with Crippen molar-refractivity contribution in [1.29, 1.82) is 0 Å². The first kappa shape index (κ1) is 15.7. The maximum atomic E-state index is 12.3. The molecule has 8 heteroatoms. The van der Waals surface area contributed by atoms with E-state index in [0.717, 1.165) is 28.9 Å². The Bertz CT molecular complexity index is 830. The number of nitrogens with zero attached hydrogens (tertiary/aromatic N) is 4. The topological polar surface area (TPSA) is 59.2 Å². The fourth-order valence-electron chi connectivity index (χ4n) is 2.90. The molecule has 0 aliphatic carbocycles. The monoisotopic (exact) mass is 362 g/mol. The highest BCUT2D eigenvalue weighted by molar-refractivity contribution is 8.18. The Hall–Kier alpha value is -1.80. The first-order chi connectivity index (χ1) is 11.8. The summed E-state index contributed by atoms with van der Waals surface area (Å²) >= 11 is 3.00. The predicted molar refractivity (Wildman–Crippen MR) is 97.7 cm³/mol. The molecular formula is C16H18N4O2S2. The number of piperidine rings is 1. The van der Waals surface area contributed by atoms with Crippen molar-refractivity contribution in [3.05, 3.63) is 22.2 Å². The molecular weight excluding hydrogens is 344 g/mol. The molecule has 1 fully saturated rings. The number of hydrogen-bond donors (Lipinski definition) is 0. The molecule has 4 rings (SSSR count). The second-order valence-electron chi connectivity index (χ2n) is 5.65. The van der Waals surface area contributed by atoms with E-state index in [1.807, 2.05) is 29.0 Å². The van der Waals surface area contributed by atoms with Gasteiger partial charge in [-0.15, -0.1) is 11.3 Å². The average molecular weight is 362 g/mol. The number of carbonyl (C=O) groups excluding carboxylic acids is 1. The number of aromatic nitrogens is 2. The van der Waals surface area contributed by atoms with Gasteiger partial charge in [0.15, 0.2) is 10.1 Å². The molecule has 0 saturated carbocycles. The van der Waals surface area contributed by atoms with Crippen LogP contribution >= 0.6 is 23.1 Å². The molecule has 2 aromatic rings. The van der Waals surface area contributed by atoms with Crippen LogP contribution in [0.5, 0.6) is 5.88 Å². The van der Waals surface area contributed by atoms with Gasteiger partial charge in [0, 0.05) is 24.7 Å². The van der Waals surface area contributed by atoms with Crippen molar-refractivity contribution in [2.75, 3.05) is 19.7 Å². The Kier molecular flexibility index (Phi) is 4.32. The van der Waals surface area contributed by atoms with Gasteiger partial charge in [-0.05, 0) is 44.0 Å². The molecule has 2 aliphatic heterocycles. The van der Waals surface area contributed by atoms with Gasteiger partial charge in [-0.2, -0.15) is 9.98 Å². The normalized spacial score (nSPS) is 20.2. The van der Waals surface area contributed by atoms with Crippen molar-refractivity contribution in [3.63, 3.8) is 0 Å². The molecule has 2 aliphatic rings. The molecule has 0 radical (unpaired) electrons. The van der Waals surface area contributed by atoms with Crippen LogP contribution in [-0.2, 0) is 4.79 Å². The van der Waals surface area contributed by atoms with E-state index in [4.69, 9.17) is 4.74 Å². The van der Waals surface area contributed by atoms with E-state index in [1.54, 1.807) is 11.3 Å². The standard InChI is InChI=1S/C16H18N4O2S2/c1-2-22-14-11(20-8-9-23-16(20)18-14)10-12-13(21)17-15(24-12)19-6-4-3-5-7-19/h8-10H,2-7H2,1H3/b12-10-. The van der Waals surface area contributed by atoms with E-state index in [1.165, 1.54) is 31.0 Å². The minimum Gasteiger partial charge on any atom is -0.476 e. The number of aliphatic imine (C=N–C) groups is 1. The third-order valence-electron chi connectivity index (χ3n) is 4.05. The number of ether oxygens (including phenoxy) is 1. The van der Waals surface area contributed by atoms with Gasteiger partial charge in [0.2, 0.25) is 5.88 Å². The first-order valence-electron chi connectivity index (χ1n) is 8.12. The number of fused-ring (bicyclic) bond motifs is 1.